The Kier molecular flexibility index (Phi) is 4.70. The van der Waals surface area contributed by atoms with Crippen LogP contribution in [0.15, 0.2) is 30.6 Å². The van der Waals surface area contributed by atoms with Gasteiger partial charge < -0.3 is 15.4 Å². The highest BCUT2D eigenvalue weighted by Gasteiger charge is 2.13. The van der Waals surface area contributed by atoms with Crippen LogP contribution < -0.4 is 15.4 Å². The van der Waals surface area contributed by atoms with Crippen LogP contribution >= 0.6 is 0 Å². The minimum atomic E-state index is -0.351. The molecule has 0 unspecified atom stereocenters. The third kappa shape index (κ3) is 3.14. The van der Waals surface area contributed by atoms with Gasteiger partial charge in [-0.05, 0) is 18.6 Å². The molecule has 0 bridgehead atoms. The number of para-hydroxylation sites is 1. The van der Waals surface area contributed by atoms with E-state index < -0.39 is 0 Å². The van der Waals surface area contributed by atoms with Crippen LogP contribution in [-0.2, 0) is 0 Å². The van der Waals surface area contributed by atoms with Crippen LogP contribution in [0.2, 0.25) is 0 Å². The highest BCUT2D eigenvalue weighted by molar-refractivity contribution is 5.69. The van der Waals surface area contributed by atoms with Gasteiger partial charge in [-0.2, -0.15) is 0 Å². The lowest BCUT2D eigenvalue weighted by Crippen LogP contribution is -2.07. The molecule has 0 saturated carbocycles. The maximum atomic E-state index is 13.7. The second-order valence-corrected chi connectivity index (χ2v) is 4.14. The summed E-state index contributed by atoms with van der Waals surface area (Å²) in [5.74, 6) is 1.12. The lowest BCUT2D eigenvalue weighted by atomic mass is 10.3. The molecular weight excluding hydrogens is 259 g/mol. The van der Waals surface area contributed by atoms with Gasteiger partial charge in [0, 0.05) is 6.54 Å². The Morgan fingerprint density at radius 2 is 1.95 bits per heavy atom. The molecule has 2 N–H and O–H groups in total. The third-order valence-corrected chi connectivity index (χ3v) is 2.68. The highest BCUT2D eigenvalue weighted by atomic mass is 19.1. The monoisotopic (exact) mass is 276 g/mol. The van der Waals surface area contributed by atoms with Gasteiger partial charge in [0.05, 0.1) is 12.8 Å². The van der Waals surface area contributed by atoms with Gasteiger partial charge in [0.25, 0.3) is 0 Å². The van der Waals surface area contributed by atoms with Crippen molar-refractivity contribution in [3.05, 3.63) is 36.4 Å². The Morgan fingerprint density at radius 1 is 1.20 bits per heavy atom. The van der Waals surface area contributed by atoms with Crippen LogP contribution in [0, 0.1) is 5.82 Å². The topological polar surface area (TPSA) is 59.1 Å². The minimum absolute atomic E-state index is 0.339. The Morgan fingerprint density at radius 3 is 2.65 bits per heavy atom. The van der Waals surface area contributed by atoms with E-state index in [0.29, 0.717) is 23.1 Å². The van der Waals surface area contributed by atoms with Crippen molar-refractivity contribution in [3.63, 3.8) is 0 Å². The molecule has 0 saturated heterocycles. The number of methoxy groups -OCH3 is 1. The number of nitrogens with one attached hydrogen (secondary N) is 2. The third-order valence-electron chi connectivity index (χ3n) is 2.68. The number of rotatable bonds is 6. The van der Waals surface area contributed by atoms with Crippen LogP contribution in [0.5, 0.6) is 5.75 Å². The molecule has 2 aromatic rings. The Bertz CT molecular complexity index is 577. The summed E-state index contributed by atoms with van der Waals surface area (Å²) in [6.45, 7) is 2.83. The summed E-state index contributed by atoms with van der Waals surface area (Å²) in [6.07, 6.45) is 2.37. The van der Waals surface area contributed by atoms with Crippen LogP contribution in [0.1, 0.15) is 13.3 Å². The van der Waals surface area contributed by atoms with E-state index in [-0.39, 0.29) is 5.82 Å². The number of ether oxygens (including phenoxy) is 1. The number of aromatic nitrogens is 2. The van der Waals surface area contributed by atoms with Crippen molar-refractivity contribution in [2.75, 3.05) is 24.3 Å². The quantitative estimate of drug-likeness (QED) is 0.848. The molecule has 0 aliphatic carbocycles. The van der Waals surface area contributed by atoms with Gasteiger partial charge in [-0.15, -0.1) is 0 Å². The number of hydrogen-bond acceptors (Lipinski definition) is 5. The fourth-order valence-electron chi connectivity index (χ4n) is 1.72. The molecule has 6 heteroatoms. The lowest BCUT2D eigenvalue weighted by molar-refractivity contribution is 0.415. The van der Waals surface area contributed by atoms with Crippen molar-refractivity contribution in [2.45, 2.75) is 13.3 Å². The first kappa shape index (κ1) is 14.0. The average molecular weight is 276 g/mol. The number of benzene rings is 1. The van der Waals surface area contributed by atoms with Crippen LogP contribution in [0.25, 0.3) is 0 Å². The molecule has 20 heavy (non-hydrogen) atoms. The molecule has 2 rings (SSSR count). The maximum absolute atomic E-state index is 13.7. The molecule has 0 fully saturated rings. The van der Waals surface area contributed by atoms with Crippen LogP contribution in [0.3, 0.4) is 0 Å². The zero-order chi connectivity index (χ0) is 14.4. The van der Waals surface area contributed by atoms with E-state index in [2.05, 4.69) is 27.5 Å². The first-order valence-corrected chi connectivity index (χ1v) is 6.40. The molecule has 0 aliphatic rings. The van der Waals surface area contributed by atoms with E-state index in [4.69, 9.17) is 4.74 Å². The molecule has 0 amide bonds. The number of halogens is 1. The second-order valence-electron chi connectivity index (χ2n) is 4.14. The van der Waals surface area contributed by atoms with Crippen molar-refractivity contribution in [1.29, 1.82) is 0 Å². The van der Waals surface area contributed by atoms with E-state index in [9.17, 15) is 4.39 Å². The van der Waals surface area contributed by atoms with Gasteiger partial charge in [0.15, 0.2) is 11.6 Å². The molecule has 1 heterocycles. The molecule has 5 nitrogen and oxygen atoms in total. The van der Waals surface area contributed by atoms with Gasteiger partial charge in [-0.25, -0.2) is 14.4 Å². The average Bonchev–Trinajstić information content (AvgIpc) is 2.47. The van der Waals surface area contributed by atoms with Gasteiger partial charge in [0.2, 0.25) is 5.75 Å². The first-order valence-electron chi connectivity index (χ1n) is 6.40. The largest absolute Gasteiger partial charge is 0.490 e. The summed E-state index contributed by atoms with van der Waals surface area (Å²) in [4.78, 5) is 8.23. The summed E-state index contributed by atoms with van der Waals surface area (Å²) in [5.41, 5.74) is 0.339. The predicted molar refractivity (Wildman–Crippen MR) is 77.0 cm³/mol. The molecule has 0 atom stereocenters. The van der Waals surface area contributed by atoms with E-state index in [1.54, 1.807) is 18.2 Å². The molecule has 1 aromatic heterocycles. The normalized spacial score (nSPS) is 10.2. The van der Waals surface area contributed by atoms with Crippen molar-refractivity contribution in [3.8, 4) is 5.75 Å². The fourth-order valence-corrected chi connectivity index (χ4v) is 1.72. The minimum Gasteiger partial charge on any atom is -0.490 e. The fraction of sp³-hybridized carbons (Fsp3) is 0.286. The summed E-state index contributed by atoms with van der Waals surface area (Å²) in [7, 11) is 1.53. The SMILES string of the molecule is CCCNc1ncnc(Nc2ccccc2F)c1OC. The number of hydrogen-bond donors (Lipinski definition) is 2. The zero-order valence-electron chi connectivity index (χ0n) is 11.5. The van der Waals surface area contributed by atoms with Crippen molar-refractivity contribution in [2.24, 2.45) is 0 Å². The van der Waals surface area contributed by atoms with Crippen LogP contribution in [0.4, 0.5) is 21.7 Å². The van der Waals surface area contributed by atoms with E-state index in [1.807, 2.05) is 0 Å². The van der Waals surface area contributed by atoms with Gasteiger partial charge in [-0.1, -0.05) is 19.1 Å². The lowest BCUT2D eigenvalue weighted by Gasteiger charge is -2.14. The Labute approximate surface area is 117 Å². The summed E-state index contributed by atoms with van der Waals surface area (Å²) in [5, 5.41) is 6.06. The number of nitrogens with zero attached hydrogens (tertiary/aromatic N) is 2. The molecule has 1 aromatic carbocycles. The van der Waals surface area contributed by atoms with E-state index >= 15 is 0 Å². The zero-order valence-corrected chi connectivity index (χ0v) is 11.5. The Balaban J connectivity index is 2.29. The molecule has 0 spiro atoms. The van der Waals surface area contributed by atoms with Crippen molar-refractivity contribution >= 4 is 17.3 Å². The molecule has 0 aliphatic heterocycles. The number of anilines is 3. The first-order chi connectivity index (χ1) is 9.76. The summed E-state index contributed by atoms with van der Waals surface area (Å²) >= 11 is 0. The van der Waals surface area contributed by atoms with E-state index in [1.165, 1.54) is 19.5 Å². The molecule has 0 radical (unpaired) electrons. The van der Waals surface area contributed by atoms with Crippen molar-refractivity contribution < 1.29 is 9.13 Å². The summed E-state index contributed by atoms with van der Waals surface area (Å²) in [6, 6.07) is 6.39. The Hall–Kier alpha value is -2.37. The molecule has 106 valence electrons. The summed E-state index contributed by atoms with van der Waals surface area (Å²) < 4.78 is 19.0. The maximum Gasteiger partial charge on any atom is 0.204 e. The van der Waals surface area contributed by atoms with E-state index in [0.717, 1.165) is 13.0 Å². The van der Waals surface area contributed by atoms with Crippen molar-refractivity contribution in [1.82, 2.24) is 9.97 Å². The predicted octanol–water partition coefficient (Wildman–Crippen LogP) is 3.19. The smallest absolute Gasteiger partial charge is 0.204 e. The standard InChI is InChI=1S/C14H17FN4O/c1-3-8-16-13-12(20-2)14(18-9-17-13)19-11-7-5-4-6-10(11)15/h4-7,9H,3,8H2,1-2H3,(H2,16,17,18,19). The van der Waals surface area contributed by atoms with Crippen LogP contribution in [-0.4, -0.2) is 23.6 Å². The second kappa shape index (κ2) is 6.70. The van der Waals surface area contributed by atoms with Gasteiger partial charge >= 0.3 is 0 Å². The highest BCUT2D eigenvalue weighted by Crippen LogP contribution is 2.31. The van der Waals surface area contributed by atoms with Gasteiger partial charge in [0.1, 0.15) is 12.1 Å². The van der Waals surface area contributed by atoms with Gasteiger partial charge in [-0.3, -0.25) is 0 Å². The molecular formula is C14H17FN4O.